The summed E-state index contributed by atoms with van der Waals surface area (Å²) in [6, 6.07) is 7.95. The normalized spacial score (nSPS) is 19.8. The van der Waals surface area contributed by atoms with Crippen molar-refractivity contribution in [1.29, 1.82) is 0 Å². The Morgan fingerprint density at radius 2 is 1.88 bits per heavy atom. The molecule has 0 aromatic heterocycles. The lowest BCUT2D eigenvalue weighted by molar-refractivity contribution is 0.0993. The molecule has 3 heteroatoms. The number of ketones is 1. The van der Waals surface area contributed by atoms with Gasteiger partial charge in [-0.1, -0.05) is 12.1 Å². The van der Waals surface area contributed by atoms with E-state index in [1.54, 1.807) is 0 Å². The smallest absolute Gasteiger partial charge is 0.169 e. The molecule has 0 spiro atoms. The highest BCUT2D eigenvalue weighted by molar-refractivity contribution is 14.1. The number of carbonyl (C=O) groups excluding carboxylic acids is 1. The van der Waals surface area contributed by atoms with Crippen LogP contribution in [0, 0.1) is 0 Å². The number of rotatable bonds is 0. The van der Waals surface area contributed by atoms with Gasteiger partial charge in [0.15, 0.2) is 5.78 Å². The number of benzene rings is 1. The molecule has 3 rings (SSSR count). The van der Waals surface area contributed by atoms with Crippen LogP contribution < -0.4 is 3.11 Å². The first-order valence-electron chi connectivity index (χ1n) is 6.06. The Morgan fingerprint density at radius 3 is 2.76 bits per heavy atom. The van der Waals surface area contributed by atoms with Crippen LogP contribution in [0.15, 0.2) is 35.5 Å². The summed E-state index contributed by atoms with van der Waals surface area (Å²) in [4.78, 5) is 12.2. The molecular weight excluding hydrogens is 325 g/mol. The van der Waals surface area contributed by atoms with Gasteiger partial charge in [-0.05, 0) is 43.4 Å². The fourth-order valence-electron chi connectivity index (χ4n) is 2.69. The van der Waals surface area contributed by atoms with Crippen molar-refractivity contribution < 1.29 is 4.79 Å². The topological polar surface area (TPSA) is 20.3 Å². The van der Waals surface area contributed by atoms with Crippen molar-refractivity contribution in [2.24, 2.45) is 0 Å². The first-order chi connectivity index (χ1) is 8.27. The quantitative estimate of drug-likeness (QED) is 0.520. The van der Waals surface area contributed by atoms with Crippen molar-refractivity contribution in [2.75, 3.05) is 3.11 Å². The molecule has 1 aromatic carbocycles. The summed E-state index contributed by atoms with van der Waals surface area (Å²) in [5.74, 6) is 0.272. The lowest BCUT2D eigenvalue weighted by Gasteiger charge is -2.25. The Bertz CT molecular complexity index is 507. The number of hydrogen-bond donors (Lipinski definition) is 0. The number of para-hydroxylation sites is 1. The number of anilines is 1. The van der Waals surface area contributed by atoms with Gasteiger partial charge >= 0.3 is 0 Å². The van der Waals surface area contributed by atoms with E-state index in [1.165, 1.54) is 24.1 Å². The summed E-state index contributed by atoms with van der Waals surface area (Å²) in [6.45, 7) is 0. The molecule has 17 heavy (non-hydrogen) atoms. The SMILES string of the molecule is O=C1CC2=C(CCCC2)N(I)c2ccccc21. The highest BCUT2D eigenvalue weighted by Crippen LogP contribution is 2.40. The molecule has 0 atom stereocenters. The van der Waals surface area contributed by atoms with Crippen LogP contribution in [0.2, 0.25) is 0 Å². The van der Waals surface area contributed by atoms with E-state index >= 15 is 0 Å². The average Bonchev–Trinajstić information content (AvgIpc) is 2.48. The van der Waals surface area contributed by atoms with Crippen molar-refractivity contribution >= 4 is 34.3 Å². The van der Waals surface area contributed by atoms with E-state index in [0.29, 0.717) is 6.42 Å². The van der Waals surface area contributed by atoms with Crippen LogP contribution in [0.3, 0.4) is 0 Å². The predicted octanol–water partition coefficient (Wildman–Crippen LogP) is 4.26. The number of hydrogen-bond acceptors (Lipinski definition) is 2. The molecule has 0 amide bonds. The zero-order chi connectivity index (χ0) is 11.8. The molecule has 0 bridgehead atoms. The van der Waals surface area contributed by atoms with Crippen molar-refractivity contribution in [2.45, 2.75) is 32.1 Å². The second-order valence-electron chi connectivity index (χ2n) is 4.66. The summed E-state index contributed by atoms with van der Waals surface area (Å²) < 4.78 is 2.20. The van der Waals surface area contributed by atoms with Crippen LogP contribution in [0.4, 0.5) is 5.69 Å². The minimum Gasteiger partial charge on any atom is -0.294 e. The highest BCUT2D eigenvalue weighted by Gasteiger charge is 2.27. The predicted molar refractivity (Wildman–Crippen MR) is 77.4 cm³/mol. The van der Waals surface area contributed by atoms with Gasteiger partial charge in [-0.15, -0.1) is 0 Å². The Labute approximate surface area is 115 Å². The third kappa shape index (κ3) is 1.90. The number of carbonyl (C=O) groups is 1. The summed E-state index contributed by atoms with van der Waals surface area (Å²) in [7, 11) is 0. The summed E-state index contributed by atoms with van der Waals surface area (Å²) in [5, 5.41) is 0. The number of nitrogens with zero attached hydrogens (tertiary/aromatic N) is 1. The van der Waals surface area contributed by atoms with E-state index < -0.39 is 0 Å². The maximum atomic E-state index is 12.2. The summed E-state index contributed by atoms with van der Waals surface area (Å²) in [5.41, 5.74) is 4.66. The maximum Gasteiger partial charge on any atom is 0.169 e. The van der Waals surface area contributed by atoms with E-state index in [-0.39, 0.29) is 5.78 Å². The van der Waals surface area contributed by atoms with Gasteiger partial charge in [0.05, 0.1) is 28.6 Å². The molecule has 0 unspecified atom stereocenters. The minimum absolute atomic E-state index is 0.272. The molecule has 2 aliphatic rings. The third-order valence-corrected chi connectivity index (χ3v) is 4.68. The molecule has 0 saturated carbocycles. The minimum atomic E-state index is 0.272. The fraction of sp³-hybridized carbons (Fsp3) is 0.357. The van der Waals surface area contributed by atoms with Crippen LogP contribution in [0.1, 0.15) is 42.5 Å². The van der Waals surface area contributed by atoms with E-state index in [1.807, 2.05) is 24.3 Å². The Morgan fingerprint density at radius 1 is 1.12 bits per heavy atom. The number of halogens is 1. The summed E-state index contributed by atoms with van der Waals surface area (Å²) >= 11 is 2.34. The van der Waals surface area contributed by atoms with Crippen LogP contribution in [0.5, 0.6) is 0 Å². The van der Waals surface area contributed by atoms with Crippen LogP contribution in [0.25, 0.3) is 0 Å². The molecular formula is C14H14INO. The molecule has 0 N–H and O–H groups in total. The molecule has 1 aliphatic carbocycles. The molecule has 1 aromatic rings. The molecule has 0 saturated heterocycles. The van der Waals surface area contributed by atoms with E-state index in [9.17, 15) is 4.79 Å². The largest absolute Gasteiger partial charge is 0.294 e. The second kappa shape index (κ2) is 4.44. The Balaban J connectivity index is 2.14. The van der Waals surface area contributed by atoms with E-state index in [4.69, 9.17) is 0 Å². The average molecular weight is 339 g/mol. The third-order valence-electron chi connectivity index (χ3n) is 3.58. The van der Waals surface area contributed by atoms with Crippen molar-refractivity contribution in [3.63, 3.8) is 0 Å². The highest BCUT2D eigenvalue weighted by atomic mass is 127. The first kappa shape index (κ1) is 11.3. The van der Waals surface area contributed by atoms with Crippen molar-refractivity contribution in [3.8, 4) is 0 Å². The molecule has 88 valence electrons. The fourth-order valence-corrected chi connectivity index (χ4v) is 3.70. The number of fused-ring (bicyclic) bond motifs is 1. The van der Waals surface area contributed by atoms with Crippen LogP contribution >= 0.6 is 22.9 Å². The van der Waals surface area contributed by atoms with E-state index in [0.717, 1.165) is 24.1 Å². The Kier molecular flexibility index (Phi) is 2.94. The van der Waals surface area contributed by atoms with Gasteiger partial charge in [0, 0.05) is 17.7 Å². The lowest BCUT2D eigenvalue weighted by atomic mass is 9.93. The van der Waals surface area contributed by atoms with Crippen molar-refractivity contribution in [3.05, 3.63) is 41.1 Å². The Hall–Kier alpha value is -0.840. The van der Waals surface area contributed by atoms with Crippen LogP contribution in [-0.4, -0.2) is 5.78 Å². The van der Waals surface area contributed by atoms with Crippen LogP contribution in [-0.2, 0) is 0 Å². The monoisotopic (exact) mass is 339 g/mol. The molecule has 1 aliphatic heterocycles. The zero-order valence-corrected chi connectivity index (χ0v) is 11.7. The maximum absolute atomic E-state index is 12.2. The standard InChI is InChI=1S/C14H14INO/c15-16-12-7-3-1-5-10(12)9-14(17)11-6-2-4-8-13(11)16/h2,4,6,8H,1,3,5,7,9H2. The van der Waals surface area contributed by atoms with Gasteiger partial charge in [-0.25, -0.2) is 0 Å². The van der Waals surface area contributed by atoms with Gasteiger partial charge in [-0.3, -0.25) is 7.91 Å². The number of Topliss-reactive ketones (excluding diaryl/α,β-unsaturated/α-hetero) is 1. The second-order valence-corrected chi connectivity index (χ2v) is 5.62. The molecule has 0 radical (unpaired) electrons. The zero-order valence-electron chi connectivity index (χ0n) is 9.58. The molecule has 1 heterocycles. The lowest BCUT2D eigenvalue weighted by Crippen LogP contribution is -2.13. The first-order valence-corrected chi connectivity index (χ1v) is 7.03. The van der Waals surface area contributed by atoms with Gasteiger partial charge in [0.25, 0.3) is 0 Å². The summed E-state index contributed by atoms with van der Waals surface area (Å²) in [6.07, 6.45) is 5.29. The van der Waals surface area contributed by atoms with Gasteiger partial charge in [0.1, 0.15) is 0 Å². The molecule has 2 nitrogen and oxygen atoms in total. The van der Waals surface area contributed by atoms with Crippen molar-refractivity contribution in [1.82, 2.24) is 0 Å². The van der Waals surface area contributed by atoms with E-state index in [2.05, 4.69) is 26.0 Å². The van der Waals surface area contributed by atoms with Gasteiger partial charge < -0.3 is 0 Å². The molecule has 0 fully saturated rings. The van der Waals surface area contributed by atoms with Gasteiger partial charge in [-0.2, -0.15) is 0 Å². The van der Waals surface area contributed by atoms with Gasteiger partial charge in [0.2, 0.25) is 0 Å². The number of allylic oxidation sites excluding steroid dienone is 2.